The Morgan fingerprint density at radius 1 is 1.09 bits per heavy atom. The van der Waals surface area contributed by atoms with Crippen LogP contribution in [-0.2, 0) is 11.3 Å². The second kappa shape index (κ2) is 11.5. The minimum absolute atomic E-state index is 0.0508. The normalized spacial score (nSPS) is 11.9. The highest BCUT2D eigenvalue weighted by Crippen LogP contribution is 2.26. The zero-order chi connectivity index (χ0) is 24.0. The molecule has 0 fully saturated rings. The average Bonchev–Trinajstić information content (AvgIpc) is 3.18. The van der Waals surface area contributed by atoms with E-state index in [9.17, 15) is 9.59 Å². The summed E-state index contributed by atoms with van der Waals surface area (Å²) < 4.78 is 1.91. The molecule has 3 rings (SSSR count). The molecule has 0 radical (unpaired) electrons. The highest BCUT2D eigenvalue weighted by atomic mass is 35.5. The van der Waals surface area contributed by atoms with Crippen LogP contribution in [0.3, 0.4) is 0 Å². The standard InChI is InChI=1S/C23H25Cl2N5O2S/c1-4-30-21(20(14(2)3)27-22(32)17-10-5-6-11-18(17)25)28-29-23(30)33-13-19(31)26-16-9-7-8-15(24)12-16/h5-12,14,20H,4,13H2,1-3H3,(H,26,31)(H,27,32)/t20-/m0/s1. The van der Waals surface area contributed by atoms with Crippen LogP contribution in [0.5, 0.6) is 0 Å². The van der Waals surface area contributed by atoms with Gasteiger partial charge in [-0.15, -0.1) is 10.2 Å². The number of hydrogen-bond donors (Lipinski definition) is 2. The average molecular weight is 506 g/mol. The van der Waals surface area contributed by atoms with Gasteiger partial charge in [0, 0.05) is 17.3 Å². The van der Waals surface area contributed by atoms with Gasteiger partial charge < -0.3 is 15.2 Å². The minimum Gasteiger partial charge on any atom is -0.342 e. The van der Waals surface area contributed by atoms with Crippen molar-refractivity contribution in [1.29, 1.82) is 0 Å². The quantitative estimate of drug-likeness (QED) is 0.376. The number of anilines is 1. The van der Waals surface area contributed by atoms with Crippen molar-refractivity contribution in [2.45, 2.75) is 38.5 Å². The molecule has 1 aromatic heterocycles. The van der Waals surface area contributed by atoms with Gasteiger partial charge >= 0.3 is 0 Å². The fraction of sp³-hybridized carbons (Fsp3) is 0.304. The summed E-state index contributed by atoms with van der Waals surface area (Å²) in [4.78, 5) is 25.2. The predicted molar refractivity (Wildman–Crippen MR) is 133 cm³/mol. The van der Waals surface area contributed by atoms with Crippen LogP contribution in [0.1, 0.15) is 43.0 Å². The number of aromatic nitrogens is 3. The molecule has 174 valence electrons. The molecule has 33 heavy (non-hydrogen) atoms. The van der Waals surface area contributed by atoms with Gasteiger partial charge in [-0.1, -0.05) is 67.0 Å². The molecule has 7 nitrogen and oxygen atoms in total. The summed E-state index contributed by atoms with van der Waals surface area (Å²) in [6.45, 7) is 6.55. The van der Waals surface area contributed by atoms with E-state index in [1.54, 1.807) is 48.5 Å². The molecular weight excluding hydrogens is 481 g/mol. The number of nitrogens with one attached hydrogen (secondary N) is 2. The SMILES string of the molecule is CCn1c(SCC(=O)Nc2cccc(Cl)c2)nnc1[C@@H](NC(=O)c1ccccc1Cl)C(C)C. The lowest BCUT2D eigenvalue weighted by molar-refractivity contribution is -0.113. The molecule has 1 heterocycles. The van der Waals surface area contributed by atoms with Crippen molar-refractivity contribution in [2.75, 3.05) is 11.1 Å². The van der Waals surface area contributed by atoms with Crippen molar-refractivity contribution < 1.29 is 9.59 Å². The number of amides is 2. The Bertz CT molecular complexity index is 1140. The minimum atomic E-state index is -0.379. The van der Waals surface area contributed by atoms with E-state index < -0.39 is 0 Å². The monoisotopic (exact) mass is 505 g/mol. The Morgan fingerprint density at radius 3 is 2.52 bits per heavy atom. The second-order valence-electron chi connectivity index (χ2n) is 7.61. The van der Waals surface area contributed by atoms with E-state index in [0.717, 1.165) is 0 Å². The van der Waals surface area contributed by atoms with E-state index >= 15 is 0 Å². The Kier molecular flexibility index (Phi) is 8.77. The largest absolute Gasteiger partial charge is 0.342 e. The van der Waals surface area contributed by atoms with Crippen LogP contribution in [-0.4, -0.2) is 32.3 Å². The first-order valence-electron chi connectivity index (χ1n) is 10.5. The Labute approximate surface area is 207 Å². The van der Waals surface area contributed by atoms with Crippen molar-refractivity contribution in [3.05, 3.63) is 70.0 Å². The van der Waals surface area contributed by atoms with Gasteiger partial charge in [0.2, 0.25) is 5.91 Å². The lowest BCUT2D eigenvalue weighted by Gasteiger charge is -2.22. The number of thioether (sulfide) groups is 1. The van der Waals surface area contributed by atoms with Crippen LogP contribution in [0, 0.1) is 5.92 Å². The van der Waals surface area contributed by atoms with Crippen molar-refractivity contribution in [1.82, 2.24) is 20.1 Å². The molecule has 0 aliphatic heterocycles. The Hall–Kier alpha value is -2.55. The van der Waals surface area contributed by atoms with Crippen molar-refractivity contribution in [3.63, 3.8) is 0 Å². The van der Waals surface area contributed by atoms with Gasteiger partial charge in [-0.3, -0.25) is 9.59 Å². The molecule has 0 spiro atoms. The molecule has 10 heteroatoms. The number of carbonyl (C=O) groups excluding carboxylic acids is 2. The molecule has 0 bridgehead atoms. The first-order chi connectivity index (χ1) is 15.8. The molecule has 0 saturated carbocycles. The zero-order valence-corrected chi connectivity index (χ0v) is 20.8. The molecule has 2 aromatic carbocycles. The van der Waals surface area contributed by atoms with Crippen molar-refractivity contribution in [3.8, 4) is 0 Å². The molecule has 2 amide bonds. The second-order valence-corrected chi connectivity index (χ2v) is 9.39. The van der Waals surface area contributed by atoms with Crippen LogP contribution in [0.25, 0.3) is 0 Å². The fourth-order valence-corrected chi connectivity index (χ4v) is 4.44. The van der Waals surface area contributed by atoms with Crippen molar-refractivity contribution in [2.24, 2.45) is 5.92 Å². The van der Waals surface area contributed by atoms with Gasteiger partial charge in [-0.05, 0) is 43.2 Å². The summed E-state index contributed by atoms with van der Waals surface area (Å²) in [6.07, 6.45) is 0. The summed E-state index contributed by atoms with van der Waals surface area (Å²) in [5, 5.41) is 16.0. The summed E-state index contributed by atoms with van der Waals surface area (Å²) >= 11 is 13.4. The predicted octanol–water partition coefficient (Wildman–Crippen LogP) is 5.46. The molecule has 1 atom stereocenters. The maximum Gasteiger partial charge on any atom is 0.253 e. The number of nitrogens with zero attached hydrogens (tertiary/aromatic N) is 3. The maximum atomic E-state index is 12.9. The fourth-order valence-electron chi connectivity index (χ4n) is 3.22. The van der Waals surface area contributed by atoms with Crippen LogP contribution in [0.15, 0.2) is 53.7 Å². The van der Waals surface area contributed by atoms with Gasteiger partial charge in [-0.2, -0.15) is 0 Å². The third-order valence-electron chi connectivity index (χ3n) is 4.85. The van der Waals surface area contributed by atoms with E-state index in [1.165, 1.54) is 11.8 Å². The van der Waals surface area contributed by atoms with Crippen LogP contribution in [0.4, 0.5) is 5.69 Å². The molecule has 0 aliphatic rings. The number of benzene rings is 2. The van der Waals surface area contributed by atoms with Gasteiger partial charge in [0.1, 0.15) is 0 Å². The summed E-state index contributed by atoms with van der Waals surface area (Å²) in [7, 11) is 0. The van der Waals surface area contributed by atoms with Crippen LogP contribution in [0.2, 0.25) is 10.0 Å². The topological polar surface area (TPSA) is 88.9 Å². The third-order valence-corrected chi connectivity index (χ3v) is 6.38. The first-order valence-corrected chi connectivity index (χ1v) is 12.2. The Morgan fingerprint density at radius 2 is 1.85 bits per heavy atom. The number of halogens is 2. The molecule has 2 N–H and O–H groups in total. The number of hydrogen-bond acceptors (Lipinski definition) is 5. The summed E-state index contributed by atoms with van der Waals surface area (Å²) in [5.74, 6) is 0.380. The zero-order valence-electron chi connectivity index (χ0n) is 18.5. The van der Waals surface area contributed by atoms with E-state index in [0.29, 0.717) is 38.8 Å². The lowest BCUT2D eigenvalue weighted by atomic mass is 10.0. The van der Waals surface area contributed by atoms with Gasteiger partial charge in [-0.25, -0.2) is 0 Å². The van der Waals surface area contributed by atoms with Gasteiger partial charge in [0.15, 0.2) is 11.0 Å². The van der Waals surface area contributed by atoms with Crippen LogP contribution < -0.4 is 10.6 Å². The van der Waals surface area contributed by atoms with E-state index in [-0.39, 0.29) is 29.5 Å². The van der Waals surface area contributed by atoms with Gasteiger partial charge in [0.05, 0.1) is 22.4 Å². The Balaban J connectivity index is 1.72. The molecule has 0 saturated heterocycles. The maximum absolute atomic E-state index is 12.9. The van der Waals surface area contributed by atoms with E-state index in [4.69, 9.17) is 23.2 Å². The van der Waals surface area contributed by atoms with E-state index in [2.05, 4.69) is 20.8 Å². The highest BCUT2D eigenvalue weighted by molar-refractivity contribution is 7.99. The third kappa shape index (κ3) is 6.50. The molecule has 3 aromatic rings. The number of rotatable bonds is 9. The lowest BCUT2D eigenvalue weighted by Crippen LogP contribution is -2.34. The van der Waals surface area contributed by atoms with E-state index in [1.807, 2.05) is 25.3 Å². The van der Waals surface area contributed by atoms with Crippen molar-refractivity contribution >= 4 is 52.5 Å². The summed E-state index contributed by atoms with van der Waals surface area (Å²) in [6, 6.07) is 13.5. The van der Waals surface area contributed by atoms with Gasteiger partial charge in [0.25, 0.3) is 5.91 Å². The summed E-state index contributed by atoms with van der Waals surface area (Å²) in [5.41, 5.74) is 1.03. The molecule has 0 aliphatic carbocycles. The number of carbonyl (C=O) groups is 2. The van der Waals surface area contributed by atoms with Crippen LogP contribution >= 0.6 is 35.0 Å². The first kappa shape index (κ1) is 25.1. The highest BCUT2D eigenvalue weighted by Gasteiger charge is 2.26. The molecule has 0 unspecified atom stereocenters. The smallest absolute Gasteiger partial charge is 0.253 e. The molecular formula is C23H25Cl2N5O2S.